The summed E-state index contributed by atoms with van der Waals surface area (Å²) in [6.45, 7) is 8.35. The molecule has 1 aromatic heterocycles. The molecule has 0 spiro atoms. The molecule has 2 aromatic rings. The molecular weight excluding hydrogens is 264 g/mol. The third kappa shape index (κ3) is 2.68. The molecule has 1 N–H and O–H groups in total. The molecule has 1 amide bonds. The summed E-state index contributed by atoms with van der Waals surface area (Å²) in [5.41, 5.74) is 4.23. The lowest BCUT2D eigenvalue weighted by atomic mass is 10.1. The number of carbonyl (C=O) groups is 1. The average Bonchev–Trinajstić information content (AvgIpc) is 2.65. The fourth-order valence-electron chi connectivity index (χ4n) is 2.96. The molecule has 3 rings (SSSR count). The number of nitrogens with one attached hydrogen (secondary N) is 1. The lowest BCUT2D eigenvalue weighted by Crippen LogP contribution is -2.35. The summed E-state index contributed by atoms with van der Waals surface area (Å²) in [5.74, 6) is 0.104. The highest BCUT2D eigenvalue weighted by Gasteiger charge is 2.21. The molecule has 0 bridgehead atoms. The Kier molecular flexibility index (Phi) is 3.72. The van der Waals surface area contributed by atoms with Crippen molar-refractivity contribution in [2.24, 2.45) is 0 Å². The van der Waals surface area contributed by atoms with Gasteiger partial charge in [-0.05, 0) is 51.0 Å². The van der Waals surface area contributed by atoms with E-state index in [-0.39, 0.29) is 12.0 Å². The van der Waals surface area contributed by atoms with Crippen LogP contribution in [-0.2, 0) is 4.74 Å². The number of nitrogens with zero attached hydrogens (tertiary/aromatic N) is 1. The first-order valence-electron chi connectivity index (χ1n) is 7.56. The van der Waals surface area contributed by atoms with Gasteiger partial charge in [0.25, 0.3) is 5.91 Å². The number of hydrogen-bond donors (Lipinski definition) is 1. The Hall–Kier alpha value is -1.81. The van der Waals surface area contributed by atoms with Gasteiger partial charge in [-0.15, -0.1) is 0 Å². The first kappa shape index (κ1) is 14.1. The molecule has 4 nitrogen and oxygen atoms in total. The molecule has 1 unspecified atom stereocenters. The maximum atomic E-state index is 12.7. The van der Waals surface area contributed by atoms with Crippen molar-refractivity contribution in [2.45, 2.75) is 33.3 Å². The molecule has 2 heterocycles. The smallest absolute Gasteiger partial charge is 0.253 e. The summed E-state index contributed by atoms with van der Waals surface area (Å²) in [5, 5.41) is 1.14. The summed E-state index contributed by atoms with van der Waals surface area (Å²) in [6, 6.07) is 5.92. The predicted octanol–water partition coefficient (Wildman–Crippen LogP) is 3.04. The first-order valence-corrected chi connectivity index (χ1v) is 7.56. The monoisotopic (exact) mass is 286 g/mol. The minimum Gasteiger partial charge on any atom is -0.377 e. The number of benzene rings is 1. The summed E-state index contributed by atoms with van der Waals surface area (Å²) in [6.07, 6.45) is 1.01. The van der Waals surface area contributed by atoms with E-state index in [9.17, 15) is 4.79 Å². The molecule has 112 valence electrons. The van der Waals surface area contributed by atoms with Gasteiger partial charge in [0, 0.05) is 41.9 Å². The van der Waals surface area contributed by atoms with E-state index in [4.69, 9.17) is 4.74 Å². The zero-order valence-corrected chi connectivity index (χ0v) is 12.9. The van der Waals surface area contributed by atoms with Crippen LogP contribution in [0.1, 0.15) is 35.0 Å². The van der Waals surface area contributed by atoms with E-state index in [2.05, 4.69) is 18.8 Å². The molecule has 1 aromatic carbocycles. The second kappa shape index (κ2) is 5.53. The number of H-pyrrole nitrogens is 1. The SMILES string of the molecule is Cc1[nH]c2ccc(C(=O)N3CCCOC(C)C3)cc2c1C. The van der Waals surface area contributed by atoms with Gasteiger partial charge in [-0.1, -0.05) is 0 Å². The highest BCUT2D eigenvalue weighted by molar-refractivity contribution is 5.99. The van der Waals surface area contributed by atoms with Crippen molar-refractivity contribution in [3.63, 3.8) is 0 Å². The van der Waals surface area contributed by atoms with Crippen molar-refractivity contribution in [2.75, 3.05) is 19.7 Å². The minimum absolute atomic E-state index is 0.104. The van der Waals surface area contributed by atoms with Crippen LogP contribution in [0.3, 0.4) is 0 Å². The van der Waals surface area contributed by atoms with Crippen LogP contribution in [0.2, 0.25) is 0 Å². The van der Waals surface area contributed by atoms with Crippen molar-refractivity contribution in [3.8, 4) is 0 Å². The Bertz CT molecular complexity index is 675. The Morgan fingerprint density at radius 3 is 3.00 bits per heavy atom. The fourth-order valence-corrected chi connectivity index (χ4v) is 2.96. The first-order chi connectivity index (χ1) is 10.1. The van der Waals surface area contributed by atoms with Gasteiger partial charge < -0.3 is 14.6 Å². The standard InChI is InChI=1S/C17H22N2O2/c1-11-10-19(7-4-8-21-11)17(20)14-5-6-16-15(9-14)12(2)13(3)18-16/h5-6,9,11,18H,4,7-8,10H2,1-3H3. The number of ether oxygens (including phenoxy) is 1. The third-order valence-corrected chi connectivity index (χ3v) is 4.29. The molecule has 4 heteroatoms. The van der Waals surface area contributed by atoms with Gasteiger partial charge >= 0.3 is 0 Å². The Labute approximate surface area is 125 Å². The zero-order chi connectivity index (χ0) is 15.0. The molecule has 1 saturated heterocycles. The number of fused-ring (bicyclic) bond motifs is 1. The number of hydrogen-bond acceptors (Lipinski definition) is 2. The molecule has 1 aliphatic rings. The lowest BCUT2D eigenvalue weighted by Gasteiger charge is -2.22. The van der Waals surface area contributed by atoms with Crippen LogP contribution < -0.4 is 0 Å². The topological polar surface area (TPSA) is 45.3 Å². The fraction of sp³-hybridized carbons (Fsp3) is 0.471. The second-order valence-electron chi connectivity index (χ2n) is 5.92. The number of rotatable bonds is 1. The summed E-state index contributed by atoms with van der Waals surface area (Å²) >= 11 is 0. The number of aromatic amines is 1. The minimum atomic E-state index is 0.104. The van der Waals surface area contributed by atoms with Gasteiger partial charge in [-0.2, -0.15) is 0 Å². The van der Waals surface area contributed by atoms with Crippen molar-refractivity contribution in [1.82, 2.24) is 9.88 Å². The quantitative estimate of drug-likeness (QED) is 0.876. The normalized spacial score (nSPS) is 19.8. The van der Waals surface area contributed by atoms with Gasteiger partial charge in [-0.25, -0.2) is 0 Å². The van der Waals surface area contributed by atoms with E-state index in [0.717, 1.165) is 41.7 Å². The van der Waals surface area contributed by atoms with Gasteiger partial charge in [0.05, 0.1) is 6.10 Å². The summed E-state index contributed by atoms with van der Waals surface area (Å²) < 4.78 is 5.61. The van der Waals surface area contributed by atoms with Crippen molar-refractivity contribution in [1.29, 1.82) is 0 Å². The Balaban J connectivity index is 1.91. The van der Waals surface area contributed by atoms with Gasteiger partial charge in [0.15, 0.2) is 0 Å². The third-order valence-electron chi connectivity index (χ3n) is 4.29. The van der Waals surface area contributed by atoms with E-state index in [1.165, 1.54) is 5.56 Å². The number of aromatic nitrogens is 1. The molecule has 1 atom stereocenters. The highest BCUT2D eigenvalue weighted by atomic mass is 16.5. The van der Waals surface area contributed by atoms with Crippen LogP contribution in [0.4, 0.5) is 0 Å². The molecule has 0 aliphatic carbocycles. The van der Waals surface area contributed by atoms with E-state index in [1.54, 1.807) is 0 Å². The van der Waals surface area contributed by atoms with Crippen LogP contribution in [-0.4, -0.2) is 41.6 Å². The van der Waals surface area contributed by atoms with Crippen molar-refractivity contribution >= 4 is 16.8 Å². The van der Waals surface area contributed by atoms with Crippen LogP contribution in [0.5, 0.6) is 0 Å². The maximum absolute atomic E-state index is 12.7. The number of aryl methyl sites for hydroxylation is 2. The highest BCUT2D eigenvalue weighted by Crippen LogP contribution is 2.23. The lowest BCUT2D eigenvalue weighted by molar-refractivity contribution is 0.0563. The zero-order valence-electron chi connectivity index (χ0n) is 12.9. The second-order valence-corrected chi connectivity index (χ2v) is 5.92. The molecular formula is C17H22N2O2. The maximum Gasteiger partial charge on any atom is 0.253 e. The molecule has 1 aliphatic heterocycles. The Morgan fingerprint density at radius 2 is 2.19 bits per heavy atom. The number of amides is 1. The average molecular weight is 286 g/mol. The van der Waals surface area contributed by atoms with E-state index in [0.29, 0.717) is 6.54 Å². The van der Waals surface area contributed by atoms with Crippen LogP contribution in [0.15, 0.2) is 18.2 Å². The summed E-state index contributed by atoms with van der Waals surface area (Å²) in [4.78, 5) is 18.0. The van der Waals surface area contributed by atoms with Gasteiger partial charge in [0.2, 0.25) is 0 Å². The van der Waals surface area contributed by atoms with Gasteiger partial charge in [0.1, 0.15) is 0 Å². The van der Waals surface area contributed by atoms with Crippen molar-refractivity contribution < 1.29 is 9.53 Å². The molecule has 1 fully saturated rings. The predicted molar refractivity (Wildman–Crippen MR) is 83.7 cm³/mol. The van der Waals surface area contributed by atoms with Gasteiger partial charge in [-0.3, -0.25) is 4.79 Å². The van der Waals surface area contributed by atoms with E-state index in [1.807, 2.05) is 30.0 Å². The van der Waals surface area contributed by atoms with Crippen LogP contribution in [0.25, 0.3) is 10.9 Å². The Morgan fingerprint density at radius 1 is 1.38 bits per heavy atom. The van der Waals surface area contributed by atoms with Crippen LogP contribution >= 0.6 is 0 Å². The number of carbonyl (C=O) groups excluding carboxylic acids is 1. The van der Waals surface area contributed by atoms with Crippen molar-refractivity contribution in [3.05, 3.63) is 35.0 Å². The largest absolute Gasteiger partial charge is 0.377 e. The summed E-state index contributed by atoms with van der Waals surface area (Å²) in [7, 11) is 0. The molecule has 0 radical (unpaired) electrons. The molecule has 21 heavy (non-hydrogen) atoms. The van der Waals surface area contributed by atoms with E-state index < -0.39 is 0 Å². The van der Waals surface area contributed by atoms with Crippen LogP contribution in [0, 0.1) is 13.8 Å². The van der Waals surface area contributed by atoms with E-state index >= 15 is 0 Å². The molecule has 0 saturated carbocycles.